The molecule has 2 atom stereocenters. The summed E-state index contributed by atoms with van der Waals surface area (Å²) in [5, 5.41) is 8.77. The van der Waals surface area contributed by atoms with E-state index in [1.54, 1.807) is 6.92 Å². The molecule has 0 rings (SSSR count). The Labute approximate surface area is 91.8 Å². The Hall–Kier alpha value is -0.610. The van der Waals surface area contributed by atoms with Gasteiger partial charge in [-0.15, -0.1) is 0 Å². The Morgan fingerprint density at radius 3 is 2.60 bits per heavy atom. The molecule has 0 aliphatic carbocycles. The Morgan fingerprint density at radius 2 is 2.13 bits per heavy atom. The highest BCUT2D eigenvalue weighted by molar-refractivity contribution is 5.77. The van der Waals surface area contributed by atoms with Gasteiger partial charge in [-0.25, -0.2) is 0 Å². The van der Waals surface area contributed by atoms with Crippen molar-refractivity contribution < 1.29 is 14.6 Å². The van der Waals surface area contributed by atoms with Crippen molar-refractivity contribution in [3.8, 4) is 0 Å². The zero-order valence-electron chi connectivity index (χ0n) is 9.95. The van der Waals surface area contributed by atoms with E-state index < -0.39 is 11.5 Å². The van der Waals surface area contributed by atoms with E-state index in [2.05, 4.69) is 6.92 Å². The van der Waals surface area contributed by atoms with Crippen LogP contribution in [0.15, 0.2) is 0 Å². The van der Waals surface area contributed by atoms with Crippen molar-refractivity contribution in [2.45, 2.75) is 58.1 Å². The fourth-order valence-electron chi connectivity index (χ4n) is 1.10. The van der Waals surface area contributed by atoms with Crippen LogP contribution in [0.5, 0.6) is 0 Å². The summed E-state index contributed by atoms with van der Waals surface area (Å²) in [5.41, 5.74) is 4.49. The second-order valence-corrected chi connectivity index (χ2v) is 4.27. The number of carbonyl (C=O) groups is 1. The fourth-order valence-corrected chi connectivity index (χ4v) is 1.10. The molecule has 0 aromatic carbocycles. The average molecular weight is 217 g/mol. The van der Waals surface area contributed by atoms with Crippen molar-refractivity contribution in [2.75, 3.05) is 6.61 Å². The van der Waals surface area contributed by atoms with Gasteiger partial charge < -0.3 is 15.6 Å². The van der Waals surface area contributed by atoms with Crippen LogP contribution in [0, 0.1) is 0 Å². The summed E-state index contributed by atoms with van der Waals surface area (Å²) in [6.45, 7) is 6.34. The molecule has 2 unspecified atom stereocenters. The van der Waals surface area contributed by atoms with Crippen LogP contribution >= 0.6 is 0 Å². The summed E-state index contributed by atoms with van der Waals surface area (Å²) < 4.78 is 5.48. The standard InChI is InChI=1S/C11H23NO3/c1-4-9(2)15-8-6-5-7-11(3,12)10(13)14/h9H,4-8,12H2,1-3H3,(H,13,14). The number of ether oxygens (including phenoxy) is 1. The summed E-state index contributed by atoms with van der Waals surface area (Å²) in [6.07, 6.45) is 3.43. The molecule has 4 nitrogen and oxygen atoms in total. The van der Waals surface area contributed by atoms with Crippen LogP contribution in [-0.2, 0) is 9.53 Å². The van der Waals surface area contributed by atoms with Gasteiger partial charge in [0.05, 0.1) is 6.10 Å². The quantitative estimate of drug-likeness (QED) is 0.608. The Kier molecular flexibility index (Phi) is 6.52. The number of carboxylic acid groups (broad SMARTS) is 1. The highest BCUT2D eigenvalue weighted by Gasteiger charge is 2.26. The summed E-state index contributed by atoms with van der Waals surface area (Å²) >= 11 is 0. The SMILES string of the molecule is CCC(C)OCCCCC(C)(N)C(=O)O. The van der Waals surface area contributed by atoms with Gasteiger partial charge in [-0.1, -0.05) is 6.92 Å². The van der Waals surface area contributed by atoms with E-state index >= 15 is 0 Å². The van der Waals surface area contributed by atoms with Crippen molar-refractivity contribution in [1.82, 2.24) is 0 Å². The van der Waals surface area contributed by atoms with Gasteiger partial charge in [0.2, 0.25) is 0 Å². The van der Waals surface area contributed by atoms with Crippen LogP contribution in [0.3, 0.4) is 0 Å². The molecule has 15 heavy (non-hydrogen) atoms. The smallest absolute Gasteiger partial charge is 0.323 e. The summed E-state index contributed by atoms with van der Waals surface area (Å²) in [6, 6.07) is 0. The molecule has 0 fully saturated rings. The van der Waals surface area contributed by atoms with Crippen molar-refractivity contribution >= 4 is 5.97 Å². The maximum atomic E-state index is 10.7. The molecule has 90 valence electrons. The lowest BCUT2D eigenvalue weighted by Gasteiger charge is -2.18. The van der Waals surface area contributed by atoms with Crippen LogP contribution in [0.2, 0.25) is 0 Å². The predicted molar refractivity (Wildman–Crippen MR) is 59.8 cm³/mol. The fraction of sp³-hybridized carbons (Fsp3) is 0.909. The van der Waals surface area contributed by atoms with Gasteiger partial charge in [0, 0.05) is 6.61 Å². The minimum atomic E-state index is -1.10. The first-order valence-electron chi connectivity index (χ1n) is 5.54. The number of aliphatic carboxylic acids is 1. The molecule has 0 bridgehead atoms. The van der Waals surface area contributed by atoms with E-state index in [0.717, 1.165) is 19.3 Å². The lowest BCUT2D eigenvalue weighted by molar-refractivity contribution is -0.143. The van der Waals surface area contributed by atoms with Crippen LogP contribution in [0.25, 0.3) is 0 Å². The van der Waals surface area contributed by atoms with Crippen LogP contribution in [0.4, 0.5) is 0 Å². The van der Waals surface area contributed by atoms with Crippen molar-refractivity contribution in [3.05, 3.63) is 0 Å². The molecule has 4 heteroatoms. The molecule has 0 aromatic heterocycles. The van der Waals surface area contributed by atoms with E-state index in [1.165, 1.54) is 0 Å². The van der Waals surface area contributed by atoms with Gasteiger partial charge >= 0.3 is 5.97 Å². The van der Waals surface area contributed by atoms with E-state index in [9.17, 15) is 4.79 Å². The molecule has 0 spiro atoms. The number of nitrogens with two attached hydrogens (primary N) is 1. The predicted octanol–water partition coefficient (Wildman–Crippen LogP) is 1.77. The Balaban J connectivity index is 3.51. The lowest BCUT2D eigenvalue weighted by Crippen LogP contribution is -2.44. The zero-order chi connectivity index (χ0) is 11.9. The zero-order valence-corrected chi connectivity index (χ0v) is 9.95. The number of unbranched alkanes of at least 4 members (excludes halogenated alkanes) is 1. The van der Waals surface area contributed by atoms with Gasteiger partial charge in [-0.05, 0) is 39.5 Å². The molecule has 3 N–H and O–H groups in total. The maximum Gasteiger partial charge on any atom is 0.323 e. The minimum Gasteiger partial charge on any atom is -0.480 e. The van der Waals surface area contributed by atoms with Gasteiger partial charge in [0.1, 0.15) is 5.54 Å². The molecule has 0 aliphatic heterocycles. The van der Waals surface area contributed by atoms with E-state index in [1.807, 2.05) is 6.92 Å². The lowest BCUT2D eigenvalue weighted by atomic mass is 9.97. The number of carboxylic acids is 1. The average Bonchev–Trinajstić information content (AvgIpc) is 2.16. The molecule has 0 heterocycles. The number of rotatable bonds is 8. The van der Waals surface area contributed by atoms with E-state index in [0.29, 0.717) is 13.0 Å². The minimum absolute atomic E-state index is 0.286. The van der Waals surface area contributed by atoms with Crippen molar-refractivity contribution in [1.29, 1.82) is 0 Å². The van der Waals surface area contributed by atoms with Crippen LogP contribution < -0.4 is 5.73 Å². The summed E-state index contributed by atoms with van der Waals surface area (Å²) in [7, 11) is 0. The number of hydrogen-bond donors (Lipinski definition) is 2. The van der Waals surface area contributed by atoms with Gasteiger partial charge in [0.25, 0.3) is 0 Å². The highest BCUT2D eigenvalue weighted by Crippen LogP contribution is 2.11. The number of hydrogen-bond acceptors (Lipinski definition) is 3. The third-order valence-electron chi connectivity index (χ3n) is 2.56. The molecule has 0 amide bonds. The topological polar surface area (TPSA) is 72.5 Å². The largest absolute Gasteiger partial charge is 0.480 e. The highest BCUT2D eigenvalue weighted by atomic mass is 16.5. The summed E-state index contributed by atoms with van der Waals surface area (Å²) in [4.78, 5) is 10.7. The normalized spacial score (nSPS) is 17.1. The second-order valence-electron chi connectivity index (χ2n) is 4.27. The second kappa shape index (κ2) is 6.80. The van der Waals surface area contributed by atoms with Gasteiger partial charge in [0.15, 0.2) is 0 Å². The van der Waals surface area contributed by atoms with Crippen LogP contribution in [-0.4, -0.2) is 29.3 Å². The molecular weight excluding hydrogens is 194 g/mol. The molecule has 0 aromatic rings. The third kappa shape index (κ3) is 6.47. The first kappa shape index (κ1) is 14.4. The Bertz CT molecular complexity index is 192. The van der Waals surface area contributed by atoms with E-state index in [-0.39, 0.29) is 6.10 Å². The van der Waals surface area contributed by atoms with Crippen molar-refractivity contribution in [3.63, 3.8) is 0 Å². The third-order valence-corrected chi connectivity index (χ3v) is 2.56. The molecule has 0 radical (unpaired) electrons. The van der Waals surface area contributed by atoms with Gasteiger partial charge in [-0.3, -0.25) is 4.79 Å². The molecule has 0 saturated heterocycles. The summed E-state index contributed by atoms with van der Waals surface area (Å²) in [5.74, 6) is -0.939. The monoisotopic (exact) mass is 217 g/mol. The molecule has 0 aliphatic rings. The Morgan fingerprint density at radius 1 is 1.53 bits per heavy atom. The first-order chi connectivity index (χ1) is 6.90. The van der Waals surface area contributed by atoms with Gasteiger partial charge in [-0.2, -0.15) is 0 Å². The first-order valence-corrected chi connectivity index (χ1v) is 5.54. The van der Waals surface area contributed by atoms with Crippen LogP contribution in [0.1, 0.15) is 46.5 Å². The molecule has 0 saturated carbocycles. The molecular formula is C11H23NO3. The maximum absolute atomic E-state index is 10.7. The van der Waals surface area contributed by atoms with E-state index in [4.69, 9.17) is 15.6 Å². The van der Waals surface area contributed by atoms with Crippen molar-refractivity contribution in [2.24, 2.45) is 5.73 Å².